The Bertz CT molecular complexity index is 329. The molecular formula is C5H6N2O2S2. The van der Waals surface area contributed by atoms with Crippen molar-refractivity contribution in [2.24, 2.45) is 0 Å². The summed E-state index contributed by atoms with van der Waals surface area (Å²) >= 11 is 0. The van der Waals surface area contributed by atoms with E-state index in [0.717, 1.165) is 0 Å². The minimum absolute atomic E-state index is 0.0385. The predicted octanol–water partition coefficient (Wildman–Crippen LogP) is 0.203. The highest BCUT2D eigenvalue weighted by Crippen LogP contribution is 2.21. The summed E-state index contributed by atoms with van der Waals surface area (Å²) < 4.78 is 2.66. The second kappa shape index (κ2) is 3.19. The van der Waals surface area contributed by atoms with Gasteiger partial charge in [0.15, 0.2) is 0 Å². The molecule has 0 amide bonds. The van der Waals surface area contributed by atoms with Gasteiger partial charge in [-0.2, -0.15) is 0 Å². The van der Waals surface area contributed by atoms with Crippen molar-refractivity contribution in [2.45, 2.75) is 0 Å². The molecule has 0 aliphatic heterocycles. The van der Waals surface area contributed by atoms with Gasteiger partial charge in [0.05, 0.1) is 0 Å². The molecule has 0 spiro atoms. The Kier molecular flexibility index (Phi) is 2.45. The van der Waals surface area contributed by atoms with Crippen LogP contribution in [0.2, 0.25) is 0 Å². The standard InChI is InChI=1S/C5H6N2O2S2/c1-10-11-7-3-2(6)4(8)5(3)9/h7H,6H2,1H3. The van der Waals surface area contributed by atoms with E-state index in [4.69, 9.17) is 5.73 Å². The monoisotopic (exact) mass is 190 g/mol. The number of nitrogens with one attached hydrogen (secondary N) is 1. The van der Waals surface area contributed by atoms with Gasteiger partial charge in [-0.05, 0) is 6.26 Å². The molecule has 0 heterocycles. The van der Waals surface area contributed by atoms with Crippen molar-refractivity contribution < 1.29 is 0 Å². The van der Waals surface area contributed by atoms with Crippen molar-refractivity contribution in [3.05, 3.63) is 20.4 Å². The average Bonchev–Trinajstić information content (AvgIpc) is 2.04. The SMILES string of the molecule is CSSNc1c(N)c(=O)c1=O. The molecule has 11 heavy (non-hydrogen) atoms. The van der Waals surface area contributed by atoms with Crippen LogP contribution < -0.4 is 21.3 Å². The lowest BCUT2D eigenvalue weighted by atomic mass is 10.2. The summed E-state index contributed by atoms with van der Waals surface area (Å²) in [5.41, 5.74) is 4.38. The zero-order chi connectivity index (χ0) is 8.43. The third kappa shape index (κ3) is 1.36. The first-order chi connectivity index (χ1) is 5.18. The first-order valence-electron chi connectivity index (χ1n) is 2.73. The molecule has 3 N–H and O–H groups in total. The Balaban J connectivity index is 2.75. The highest BCUT2D eigenvalue weighted by molar-refractivity contribution is 8.76. The molecule has 0 unspecified atom stereocenters. The van der Waals surface area contributed by atoms with Crippen LogP contribution in [0.1, 0.15) is 0 Å². The van der Waals surface area contributed by atoms with Gasteiger partial charge in [-0.15, -0.1) is 0 Å². The molecule has 0 saturated carbocycles. The van der Waals surface area contributed by atoms with Gasteiger partial charge in [-0.1, -0.05) is 10.8 Å². The molecule has 0 aliphatic carbocycles. The zero-order valence-corrected chi connectivity index (χ0v) is 7.34. The Labute approximate surface area is 70.8 Å². The maximum atomic E-state index is 10.7. The van der Waals surface area contributed by atoms with Gasteiger partial charge in [0.1, 0.15) is 11.4 Å². The maximum Gasteiger partial charge on any atom is 0.254 e. The van der Waals surface area contributed by atoms with E-state index in [1.165, 1.54) is 21.8 Å². The maximum absolute atomic E-state index is 10.7. The summed E-state index contributed by atoms with van der Waals surface area (Å²) in [4.78, 5) is 21.3. The predicted molar refractivity (Wildman–Crippen MR) is 50.5 cm³/mol. The van der Waals surface area contributed by atoms with E-state index >= 15 is 0 Å². The highest BCUT2D eigenvalue weighted by Gasteiger charge is 2.16. The van der Waals surface area contributed by atoms with Crippen molar-refractivity contribution in [2.75, 3.05) is 16.7 Å². The molecule has 6 heteroatoms. The van der Waals surface area contributed by atoms with E-state index < -0.39 is 10.9 Å². The van der Waals surface area contributed by atoms with E-state index in [9.17, 15) is 9.59 Å². The Morgan fingerprint density at radius 3 is 2.45 bits per heavy atom. The summed E-state index contributed by atoms with van der Waals surface area (Å²) in [7, 11) is 2.69. The van der Waals surface area contributed by atoms with E-state index in [-0.39, 0.29) is 11.4 Å². The Hall–Kier alpha value is -0.620. The van der Waals surface area contributed by atoms with Crippen molar-refractivity contribution in [3.63, 3.8) is 0 Å². The second-order valence-electron chi connectivity index (χ2n) is 1.80. The molecule has 0 atom stereocenters. The molecule has 0 fully saturated rings. The molecule has 4 nitrogen and oxygen atoms in total. The average molecular weight is 190 g/mol. The van der Waals surface area contributed by atoms with E-state index in [0.29, 0.717) is 0 Å². The number of anilines is 2. The van der Waals surface area contributed by atoms with E-state index in [2.05, 4.69) is 4.72 Å². The third-order valence-corrected chi connectivity index (χ3v) is 2.38. The van der Waals surface area contributed by atoms with Crippen LogP contribution >= 0.6 is 21.8 Å². The highest BCUT2D eigenvalue weighted by atomic mass is 33.1. The third-order valence-electron chi connectivity index (χ3n) is 1.17. The summed E-state index contributed by atoms with van der Waals surface area (Å²) in [6, 6.07) is 0. The fourth-order valence-electron chi connectivity index (χ4n) is 0.594. The summed E-state index contributed by atoms with van der Waals surface area (Å²) in [6.45, 7) is 0. The van der Waals surface area contributed by atoms with Gasteiger partial charge in [0.2, 0.25) is 0 Å². The summed E-state index contributed by atoms with van der Waals surface area (Å²) in [5, 5.41) is 0. The quantitative estimate of drug-likeness (QED) is 0.403. The number of rotatable bonds is 3. The van der Waals surface area contributed by atoms with Crippen LogP contribution in [0.25, 0.3) is 0 Å². The number of nitrogen functional groups attached to an aromatic ring is 1. The van der Waals surface area contributed by atoms with Crippen LogP contribution in [0.15, 0.2) is 9.59 Å². The molecular weight excluding hydrogens is 184 g/mol. The van der Waals surface area contributed by atoms with Crippen molar-refractivity contribution in [1.29, 1.82) is 0 Å². The Morgan fingerprint density at radius 1 is 1.36 bits per heavy atom. The van der Waals surface area contributed by atoms with Crippen molar-refractivity contribution >= 4 is 33.1 Å². The van der Waals surface area contributed by atoms with Gasteiger partial charge in [0.25, 0.3) is 10.9 Å². The van der Waals surface area contributed by atoms with Gasteiger partial charge in [-0.25, -0.2) is 0 Å². The Morgan fingerprint density at radius 2 is 2.00 bits per heavy atom. The molecule has 60 valence electrons. The number of hydrogen-bond acceptors (Lipinski definition) is 6. The minimum Gasteiger partial charge on any atom is -0.394 e. The molecule has 0 radical (unpaired) electrons. The van der Waals surface area contributed by atoms with Crippen LogP contribution in [0, 0.1) is 0 Å². The van der Waals surface area contributed by atoms with Gasteiger partial charge < -0.3 is 10.5 Å². The van der Waals surface area contributed by atoms with Crippen LogP contribution in [0.5, 0.6) is 0 Å². The smallest absolute Gasteiger partial charge is 0.254 e. The molecule has 1 aromatic rings. The van der Waals surface area contributed by atoms with Crippen LogP contribution in [0.4, 0.5) is 11.4 Å². The molecule has 0 saturated heterocycles. The number of nitrogens with two attached hydrogens (primary N) is 1. The summed E-state index contributed by atoms with van der Waals surface area (Å²) in [6.07, 6.45) is 1.85. The molecule has 1 rings (SSSR count). The van der Waals surface area contributed by atoms with Crippen LogP contribution in [0.3, 0.4) is 0 Å². The first kappa shape index (κ1) is 8.48. The molecule has 0 aromatic heterocycles. The molecule has 0 aliphatic rings. The topological polar surface area (TPSA) is 72.2 Å². The minimum atomic E-state index is -0.589. The zero-order valence-electron chi connectivity index (χ0n) is 5.71. The number of hydrogen-bond donors (Lipinski definition) is 2. The van der Waals surface area contributed by atoms with Crippen molar-refractivity contribution in [1.82, 2.24) is 0 Å². The summed E-state index contributed by atoms with van der Waals surface area (Å²) in [5.74, 6) is 0. The molecule has 0 bridgehead atoms. The largest absolute Gasteiger partial charge is 0.394 e. The van der Waals surface area contributed by atoms with Crippen molar-refractivity contribution in [3.8, 4) is 0 Å². The van der Waals surface area contributed by atoms with E-state index in [1.807, 2.05) is 6.26 Å². The van der Waals surface area contributed by atoms with Gasteiger partial charge in [0, 0.05) is 11.0 Å². The second-order valence-corrected chi connectivity index (χ2v) is 4.00. The fraction of sp³-hybridized carbons (Fsp3) is 0.200. The van der Waals surface area contributed by atoms with Gasteiger partial charge >= 0.3 is 0 Å². The molecule has 1 aromatic carbocycles. The lowest BCUT2D eigenvalue weighted by molar-refractivity contribution is 1.43. The first-order valence-corrected chi connectivity index (χ1v) is 5.28. The lowest BCUT2D eigenvalue weighted by Crippen LogP contribution is -2.35. The fourth-order valence-corrected chi connectivity index (χ4v) is 1.46. The lowest BCUT2D eigenvalue weighted by Gasteiger charge is -2.05. The van der Waals surface area contributed by atoms with Gasteiger partial charge in [-0.3, -0.25) is 9.59 Å². The van der Waals surface area contributed by atoms with Crippen LogP contribution in [-0.2, 0) is 0 Å². The van der Waals surface area contributed by atoms with Crippen LogP contribution in [-0.4, -0.2) is 6.26 Å². The van der Waals surface area contributed by atoms with E-state index in [1.54, 1.807) is 0 Å². The normalized spacial score (nSPS) is 10.3.